The average molecular weight is 470 g/mol. The molecule has 2 aromatic carbocycles. The quantitative estimate of drug-likeness (QED) is 0.681. The van der Waals surface area contributed by atoms with Gasteiger partial charge in [0.2, 0.25) is 0 Å². The van der Waals surface area contributed by atoms with E-state index >= 15 is 0 Å². The summed E-state index contributed by atoms with van der Waals surface area (Å²) in [5.41, 5.74) is 1.65. The second kappa shape index (κ2) is 8.97. The van der Waals surface area contributed by atoms with Crippen LogP contribution in [-0.4, -0.2) is 37.1 Å². The summed E-state index contributed by atoms with van der Waals surface area (Å²) in [6, 6.07) is 23.1. The van der Waals surface area contributed by atoms with E-state index in [1.165, 1.54) is 24.1 Å². The summed E-state index contributed by atoms with van der Waals surface area (Å²) >= 11 is 0. The van der Waals surface area contributed by atoms with Crippen molar-refractivity contribution in [2.24, 2.45) is 16.7 Å². The van der Waals surface area contributed by atoms with Crippen molar-refractivity contribution in [3.8, 4) is 0 Å². The molecular formula is C27H35NO4S. The fourth-order valence-corrected chi connectivity index (χ4v) is 7.63. The average Bonchev–Trinajstić information content (AvgIpc) is 3.11. The molecule has 0 amide bonds. The highest BCUT2D eigenvalue weighted by atomic mass is 32.2. The lowest BCUT2D eigenvalue weighted by atomic mass is 9.70. The van der Waals surface area contributed by atoms with Crippen molar-refractivity contribution >= 4 is 15.9 Å². The first-order valence-corrected chi connectivity index (χ1v) is 13.6. The summed E-state index contributed by atoms with van der Waals surface area (Å²) in [7, 11) is -4.33. The molecule has 1 unspecified atom stereocenters. The van der Waals surface area contributed by atoms with Crippen molar-refractivity contribution in [1.29, 1.82) is 0 Å². The molecule has 5 nitrogen and oxygen atoms in total. The van der Waals surface area contributed by atoms with Crippen LogP contribution in [0.3, 0.4) is 0 Å². The van der Waals surface area contributed by atoms with E-state index in [0.29, 0.717) is 18.9 Å². The molecule has 3 fully saturated rings. The first-order valence-electron chi connectivity index (χ1n) is 12.0. The maximum Gasteiger partial charge on any atom is 0.140 e. The van der Waals surface area contributed by atoms with Crippen LogP contribution in [0.2, 0.25) is 0 Å². The van der Waals surface area contributed by atoms with Crippen LogP contribution < -0.4 is 4.90 Å². The first-order chi connectivity index (χ1) is 15.6. The van der Waals surface area contributed by atoms with Crippen LogP contribution in [0.15, 0.2) is 60.7 Å². The van der Waals surface area contributed by atoms with Gasteiger partial charge in [-0.2, -0.15) is 0 Å². The first kappa shape index (κ1) is 24.1. The van der Waals surface area contributed by atoms with Gasteiger partial charge < -0.3 is 9.45 Å². The molecule has 0 aromatic heterocycles. The normalized spacial score (nSPS) is 30.0. The predicted molar refractivity (Wildman–Crippen MR) is 128 cm³/mol. The van der Waals surface area contributed by atoms with Crippen molar-refractivity contribution < 1.29 is 22.7 Å². The van der Waals surface area contributed by atoms with Gasteiger partial charge in [0.1, 0.15) is 11.8 Å². The van der Waals surface area contributed by atoms with Gasteiger partial charge in [-0.05, 0) is 31.1 Å². The van der Waals surface area contributed by atoms with Gasteiger partial charge in [0.05, 0.1) is 28.5 Å². The Hall–Kier alpha value is -2.02. The molecule has 1 N–H and O–H groups in total. The van der Waals surface area contributed by atoms with Crippen LogP contribution in [0.5, 0.6) is 0 Å². The lowest BCUT2D eigenvalue weighted by molar-refractivity contribution is -0.988. The predicted octanol–water partition coefficient (Wildman–Crippen LogP) is 3.38. The Bertz CT molecular complexity index is 1040. The smallest absolute Gasteiger partial charge is 0.140 e. The van der Waals surface area contributed by atoms with E-state index in [9.17, 15) is 17.8 Å². The number of carbonyl (C=O) groups is 1. The highest BCUT2D eigenvalue weighted by molar-refractivity contribution is 7.85. The van der Waals surface area contributed by atoms with Gasteiger partial charge in [-0.3, -0.25) is 4.79 Å². The zero-order valence-electron chi connectivity index (χ0n) is 19.8. The van der Waals surface area contributed by atoms with Gasteiger partial charge in [0.15, 0.2) is 0 Å². The van der Waals surface area contributed by atoms with E-state index in [-0.39, 0.29) is 17.1 Å². The van der Waals surface area contributed by atoms with Crippen LogP contribution in [0.1, 0.15) is 63.6 Å². The molecule has 0 spiro atoms. The molecule has 33 heavy (non-hydrogen) atoms. The minimum atomic E-state index is -4.33. The number of Topliss-reactive ketones (excluding diaryl/α,β-unsaturated/α-hetero) is 1. The lowest BCUT2D eigenvalue weighted by Gasteiger charge is -2.41. The SMILES string of the molecule is CC1(C)[C@@H]2CC[C@]1(CS(=O)(=O)[O-])C(=O)C2.C[C@H]1CC[NH+]1C(c1ccccc1)c1ccccc1. The topological polar surface area (TPSA) is 78.7 Å². The van der Waals surface area contributed by atoms with Gasteiger partial charge >= 0.3 is 0 Å². The lowest BCUT2D eigenvalue weighted by Crippen LogP contribution is -3.21. The van der Waals surface area contributed by atoms with E-state index < -0.39 is 21.3 Å². The van der Waals surface area contributed by atoms with Gasteiger partial charge in [0, 0.05) is 29.4 Å². The summed E-state index contributed by atoms with van der Waals surface area (Å²) in [5, 5.41) is 0. The Morgan fingerprint density at radius 2 is 1.55 bits per heavy atom. The highest BCUT2D eigenvalue weighted by Crippen LogP contribution is 2.64. The summed E-state index contributed by atoms with van der Waals surface area (Å²) in [5.74, 6) is -0.280. The molecule has 1 saturated heterocycles. The Labute approximate surface area is 198 Å². The maximum atomic E-state index is 11.8. The van der Waals surface area contributed by atoms with Gasteiger partial charge in [0.25, 0.3) is 0 Å². The molecule has 4 atom stereocenters. The molecule has 3 aliphatic rings. The van der Waals surface area contributed by atoms with Crippen molar-refractivity contribution in [2.75, 3.05) is 12.3 Å². The largest absolute Gasteiger partial charge is 0.748 e. The van der Waals surface area contributed by atoms with E-state index in [1.54, 1.807) is 4.90 Å². The molecule has 0 radical (unpaired) electrons. The number of quaternary nitrogens is 1. The van der Waals surface area contributed by atoms with Crippen molar-refractivity contribution in [3.63, 3.8) is 0 Å². The number of hydrogen-bond acceptors (Lipinski definition) is 4. The number of benzene rings is 2. The number of hydrogen-bond donors (Lipinski definition) is 1. The Morgan fingerprint density at radius 1 is 1.00 bits per heavy atom. The molecule has 2 saturated carbocycles. The molecule has 1 aliphatic heterocycles. The second-order valence-electron chi connectivity index (χ2n) is 10.6. The zero-order chi connectivity index (χ0) is 23.9. The third-order valence-electron chi connectivity index (χ3n) is 8.70. The number of carbonyl (C=O) groups excluding carboxylic acids is 1. The summed E-state index contributed by atoms with van der Waals surface area (Å²) < 4.78 is 32.7. The van der Waals surface area contributed by atoms with Crippen LogP contribution in [0, 0.1) is 16.7 Å². The minimum Gasteiger partial charge on any atom is -0.748 e. The van der Waals surface area contributed by atoms with E-state index in [1.807, 2.05) is 13.8 Å². The van der Waals surface area contributed by atoms with E-state index in [4.69, 9.17) is 0 Å². The van der Waals surface area contributed by atoms with Crippen LogP contribution in [0.25, 0.3) is 0 Å². The monoisotopic (exact) mass is 469 g/mol. The summed E-state index contributed by atoms with van der Waals surface area (Å²) in [4.78, 5) is 13.5. The molecule has 178 valence electrons. The molecule has 2 aliphatic carbocycles. The van der Waals surface area contributed by atoms with Crippen LogP contribution >= 0.6 is 0 Å². The molecule has 5 rings (SSSR count). The number of nitrogens with one attached hydrogen (secondary N) is 1. The molecule has 1 heterocycles. The van der Waals surface area contributed by atoms with Crippen molar-refractivity contribution in [3.05, 3.63) is 71.8 Å². The van der Waals surface area contributed by atoms with Gasteiger partial charge in [-0.1, -0.05) is 74.5 Å². The van der Waals surface area contributed by atoms with Gasteiger partial charge in [-0.15, -0.1) is 0 Å². The number of likely N-dealkylation sites (tertiary alicyclic amines) is 1. The van der Waals surface area contributed by atoms with Gasteiger partial charge in [-0.25, -0.2) is 8.42 Å². The Morgan fingerprint density at radius 3 is 1.88 bits per heavy atom. The fraction of sp³-hybridized carbons (Fsp3) is 0.519. The molecule has 2 bridgehead atoms. The number of rotatable bonds is 5. The van der Waals surface area contributed by atoms with Crippen molar-refractivity contribution in [2.45, 2.75) is 58.5 Å². The van der Waals surface area contributed by atoms with Crippen molar-refractivity contribution in [1.82, 2.24) is 0 Å². The number of ketones is 1. The second-order valence-corrected chi connectivity index (χ2v) is 12.0. The zero-order valence-corrected chi connectivity index (χ0v) is 20.6. The Balaban J connectivity index is 0.000000160. The fourth-order valence-electron chi connectivity index (χ4n) is 6.35. The standard InChI is InChI=1S/C17H19N.C10H16O4S/c1-14-12-13-18(14)17(15-8-4-2-5-9-15)16-10-6-3-7-11-16;1-9(2)7-3-4-10(9,8(11)5-7)6-15(12,13)14/h2-11,14,17H,12-13H2,1H3;7H,3-6H2,1-2H3,(H,12,13,14)/t14-;7-,10+/m01/s1. The van der Waals surface area contributed by atoms with Crippen LogP contribution in [0.4, 0.5) is 0 Å². The maximum absolute atomic E-state index is 11.8. The van der Waals surface area contributed by atoms with Crippen LogP contribution in [-0.2, 0) is 14.9 Å². The molecular weight excluding hydrogens is 434 g/mol. The highest BCUT2D eigenvalue weighted by Gasteiger charge is 2.64. The van der Waals surface area contributed by atoms with E-state index in [0.717, 1.165) is 12.5 Å². The molecule has 6 heteroatoms. The summed E-state index contributed by atoms with van der Waals surface area (Å²) in [6.07, 6.45) is 3.23. The van der Waals surface area contributed by atoms with E-state index in [2.05, 4.69) is 67.6 Å². The molecule has 2 aromatic rings. The summed E-state index contributed by atoms with van der Waals surface area (Å²) in [6.45, 7) is 7.48. The third kappa shape index (κ3) is 4.53. The Kier molecular flexibility index (Phi) is 6.56. The minimum absolute atomic E-state index is 0.0248. The third-order valence-corrected chi connectivity index (χ3v) is 9.54. The number of fused-ring (bicyclic) bond motifs is 2.